The SMILES string of the molecule is CC(C)(C)NCc1nnc(Oc2cc(Cl)ccc2Cl)s1. The smallest absolute Gasteiger partial charge is 0.299 e. The average molecular weight is 332 g/mol. The van der Waals surface area contributed by atoms with Crippen LogP contribution in [0.1, 0.15) is 25.8 Å². The third-order valence-electron chi connectivity index (χ3n) is 2.31. The molecule has 0 saturated carbocycles. The second-order valence-corrected chi connectivity index (χ2v) is 7.11. The van der Waals surface area contributed by atoms with Crippen LogP contribution in [0.25, 0.3) is 0 Å². The first kappa shape index (κ1) is 15.5. The van der Waals surface area contributed by atoms with Crippen LogP contribution in [0.3, 0.4) is 0 Å². The number of ether oxygens (including phenoxy) is 1. The van der Waals surface area contributed by atoms with Crippen LogP contribution in [0.2, 0.25) is 10.0 Å². The first-order valence-electron chi connectivity index (χ1n) is 6.04. The van der Waals surface area contributed by atoms with Gasteiger partial charge in [0.15, 0.2) is 0 Å². The lowest BCUT2D eigenvalue weighted by atomic mass is 10.1. The van der Waals surface area contributed by atoms with Crippen LogP contribution in [0.15, 0.2) is 18.2 Å². The van der Waals surface area contributed by atoms with Gasteiger partial charge in [-0.3, -0.25) is 0 Å². The van der Waals surface area contributed by atoms with Gasteiger partial charge in [-0.1, -0.05) is 39.6 Å². The van der Waals surface area contributed by atoms with Crippen molar-refractivity contribution in [2.45, 2.75) is 32.9 Å². The van der Waals surface area contributed by atoms with E-state index in [0.29, 0.717) is 27.5 Å². The molecule has 0 amide bonds. The summed E-state index contributed by atoms with van der Waals surface area (Å²) >= 11 is 13.3. The highest BCUT2D eigenvalue weighted by Gasteiger charge is 2.13. The van der Waals surface area contributed by atoms with Crippen molar-refractivity contribution in [3.63, 3.8) is 0 Å². The molecule has 1 N–H and O–H groups in total. The summed E-state index contributed by atoms with van der Waals surface area (Å²) in [4.78, 5) is 0. The van der Waals surface area contributed by atoms with Crippen molar-refractivity contribution in [2.75, 3.05) is 0 Å². The Kier molecular flexibility index (Phi) is 4.86. The molecule has 0 atom stereocenters. The zero-order valence-electron chi connectivity index (χ0n) is 11.4. The van der Waals surface area contributed by atoms with E-state index >= 15 is 0 Å². The molecule has 0 unspecified atom stereocenters. The van der Waals surface area contributed by atoms with E-state index in [0.717, 1.165) is 5.01 Å². The van der Waals surface area contributed by atoms with Gasteiger partial charge < -0.3 is 10.1 Å². The van der Waals surface area contributed by atoms with Gasteiger partial charge in [0.05, 0.1) is 11.6 Å². The molecule has 108 valence electrons. The largest absolute Gasteiger partial charge is 0.428 e. The van der Waals surface area contributed by atoms with Gasteiger partial charge in [0.2, 0.25) is 0 Å². The number of aromatic nitrogens is 2. The van der Waals surface area contributed by atoms with E-state index in [2.05, 4.69) is 36.3 Å². The molecule has 1 aromatic heterocycles. The van der Waals surface area contributed by atoms with E-state index in [1.165, 1.54) is 11.3 Å². The van der Waals surface area contributed by atoms with Crippen LogP contribution in [0, 0.1) is 0 Å². The van der Waals surface area contributed by atoms with Crippen LogP contribution in [-0.4, -0.2) is 15.7 Å². The number of nitrogens with one attached hydrogen (secondary N) is 1. The first-order chi connectivity index (χ1) is 9.33. The highest BCUT2D eigenvalue weighted by Crippen LogP contribution is 2.33. The summed E-state index contributed by atoms with van der Waals surface area (Å²) in [6, 6.07) is 5.04. The van der Waals surface area contributed by atoms with Crippen molar-refractivity contribution < 1.29 is 4.74 Å². The van der Waals surface area contributed by atoms with Crippen LogP contribution in [0.5, 0.6) is 10.9 Å². The fourth-order valence-corrected chi connectivity index (χ4v) is 2.30. The van der Waals surface area contributed by atoms with E-state index in [1.807, 2.05) is 0 Å². The Bertz CT molecular complexity index is 596. The summed E-state index contributed by atoms with van der Waals surface area (Å²) in [5.74, 6) is 0.477. The third kappa shape index (κ3) is 4.59. The molecule has 7 heteroatoms. The summed E-state index contributed by atoms with van der Waals surface area (Å²) < 4.78 is 5.60. The van der Waals surface area contributed by atoms with Gasteiger partial charge in [0.25, 0.3) is 5.19 Å². The van der Waals surface area contributed by atoms with E-state index in [-0.39, 0.29) is 5.54 Å². The van der Waals surface area contributed by atoms with E-state index in [9.17, 15) is 0 Å². The van der Waals surface area contributed by atoms with Crippen molar-refractivity contribution in [1.29, 1.82) is 0 Å². The van der Waals surface area contributed by atoms with E-state index in [1.54, 1.807) is 18.2 Å². The van der Waals surface area contributed by atoms with Gasteiger partial charge in [0.1, 0.15) is 10.8 Å². The maximum atomic E-state index is 6.03. The van der Waals surface area contributed by atoms with Gasteiger partial charge in [-0.25, -0.2) is 0 Å². The summed E-state index contributed by atoms with van der Waals surface area (Å²) in [6.45, 7) is 6.93. The third-order valence-corrected chi connectivity index (χ3v) is 3.66. The van der Waals surface area contributed by atoms with Crippen molar-refractivity contribution in [1.82, 2.24) is 15.5 Å². The quantitative estimate of drug-likeness (QED) is 0.894. The van der Waals surface area contributed by atoms with Crippen LogP contribution in [-0.2, 0) is 6.54 Å². The molecule has 0 bridgehead atoms. The predicted molar refractivity (Wildman–Crippen MR) is 83.0 cm³/mol. The minimum absolute atomic E-state index is 0.0307. The molecule has 0 spiro atoms. The zero-order chi connectivity index (χ0) is 14.8. The zero-order valence-corrected chi connectivity index (χ0v) is 13.7. The molecule has 1 aromatic carbocycles. The van der Waals surface area contributed by atoms with Crippen molar-refractivity contribution in [3.05, 3.63) is 33.3 Å². The Morgan fingerprint density at radius 3 is 2.70 bits per heavy atom. The first-order valence-corrected chi connectivity index (χ1v) is 7.61. The Morgan fingerprint density at radius 1 is 1.25 bits per heavy atom. The van der Waals surface area contributed by atoms with Gasteiger partial charge in [-0.05, 0) is 32.9 Å². The van der Waals surface area contributed by atoms with Gasteiger partial charge in [0, 0.05) is 16.6 Å². The molecule has 0 fully saturated rings. The number of hydrogen-bond acceptors (Lipinski definition) is 5. The number of nitrogens with zero attached hydrogens (tertiary/aromatic N) is 2. The summed E-state index contributed by atoms with van der Waals surface area (Å²) in [5, 5.41) is 13.7. The van der Waals surface area contributed by atoms with Crippen molar-refractivity contribution in [3.8, 4) is 10.9 Å². The second-order valence-electron chi connectivity index (χ2n) is 5.24. The molecule has 1 heterocycles. The molecule has 0 aliphatic rings. The molecule has 0 saturated heterocycles. The highest BCUT2D eigenvalue weighted by molar-refractivity contribution is 7.13. The van der Waals surface area contributed by atoms with Gasteiger partial charge in [-0.15, -0.1) is 5.10 Å². The fourth-order valence-electron chi connectivity index (χ4n) is 1.34. The molecule has 2 rings (SSSR count). The molecule has 0 radical (unpaired) electrons. The minimum atomic E-state index is 0.0307. The lowest BCUT2D eigenvalue weighted by Crippen LogP contribution is -2.35. The number of benzene rings is 1. The average Bonchev–Trinajstić information content (AvgIpc) is 2.78. The second kappa shape index (κ2) is 6.26. The molecule has 4 nitrogen and oxygen atoms in total. The molecule has 20 heavy (non-hydrogen) atoms. The van der Waals surface area contributed by atoms with Gasteiger partial charge >= 0.3 is 0 Å². The normalized spacial score (nSPS) is 11.7. The highest BCUT2D eigenvalue weighted by atomic mass is 35.5. The number of halogens is 2. The van der Waals surface area contributed by atoms with Crippen LogP contribution in [0.4, 0.5) is 0 Å². The summed E-state index contributed by atoms with van der Waals surface area (Å²) in [6.07, 6.45) is 0. The summed E-state index contributed by atoms with van der Waals surface area (Å²) in [7, 11) is 0. The van der Waals surface area contributed by atoms with Crippen LogP contribution < -0.4 is 10.1 Å². The van der Waals surface area contributed by atoms with E-state index in [4.69, 9.17) is 27.9 Å². The fraction of sp³-hybridized carbons (Fsp3) is 0.385. The lowest BCUT2D eigenvalue weighted by molar-refractivity contribution is 0.423. The van der Waals surface area contributed by atoms with Crippen molar-refractivity contribution in [2.24, 2.45) is 0 Å². The Balaban J connectivity index is 2.04. The molecule has 0 aliphatic carbocycles. The predicted octanol–water partition coefficient (Wildman–Crippen LogP) is 4.53. The molecule has 2 aromatic rings. The maximum absolute atomic E-state index is 6.03. The maximum Gasteiger partial charge on any atom is 0.299 e. The Morgan fingerprint density at radius 2 is 2.00 bits per heavy atom. The Hall–Kier alpha value is -0.880. The van der Waals surface area contributed by atoms with E-state index < -0.39 is 0 Å². The molecule has 0 aliphatic heterocycles. The van der Waals surface area contributed by atoms with Gasteiger partial charge in [-0.2, -0.15) is 0 Å². The minimum Gasteiger partial charge on any atom is -0.428 e. The van der Waals surface area contributed by atoms with Crippen molar-refractivity contribution >= 4 is 34.5 Å². The summed E-state index contributed by atoms with van der Waals surface area (Å²) in [5.41, 5.74) is 0.0307. The monoisotopic (exact) mass is 331 g/mol. The molecular weight excluding hydrogens is 317 g/mol. The lowest BCUT2D eigenvalue weighted by Gasteiger charge is -2.19. The standard InChI is InChI=1S/C13H15Cl2N3OS/c1-13(2,3)16-7-11-17-18-12(20-11)19-10-6-8(14)4-5-9(10)15/h4-6,16H,7H2,1-3H3. The van der Waals surface area contributed by atoms with Crippen LogP contribution >= 0.6 is 34.5 Å². The Labute approximate surface area is 132 Å². The number of rotatable bonds is 4. The molecular formula is C13H15Cl2N3OS. The number of hydrogen-bond donors (Lipinski definition) is 1. The topological polar surface area (TPSA) is 47.0 Å².